The first-order valence-corrected chi connectivity index (χ1v) is 6.42. The summed E-state index contributed by atoms with van der Waals surface area (Å²) < 4.78 is 0. The van der Waals surface area contributed by atoms with Gasteiger partial charge in [0.15, 0.2) is 0 Å². The molecular formula is C14H20N2O2. The van der Waals surface area contributed by atoms with E-state index in [0.29, 0.717) is 12.6 Å². The van der Waals surface area contributed by atoms with Gasteiger partial charge in [0.25, 0.3) is 0 Å². The third-order valence-corrected chi connectivity index (χ3v) is 3.42. The van der Waals surface area contributed by atoms with Crippen molar-refractivity contribution in [2.24, 2.45) is 0 Å². The molecule has 1 heterocycles. The van der Waals surface area contributed by atoms with E-state index in [0.717, 1.165) is 19.5 Å². The summed E-state index contributed by atoms with van der Waals surface area (Å²) in [5.74, 6) is -0.740. The highest BCUT2D eigenvalue weighted by molar-refractivity contribution is 5.66. The van der Waals surface area contributed by atoms with Gasteiger partial charge in [0.2, 0.25) is 0 Å². The van der Waals surface area contributed by atoms with Crippen molar-refractivity contribution in [1.82, 2.24) is 5.32 Å². The zero-order chi connectivity index (χ0) is 13.0. The van der Waals surface area contributed by atoms with E-state index >= 15 is 0 Å². The molecule has 1 aromatic carbocycles. The summed E-state index contributed by atoms with van der Waals surface area (Å²) in [4.78, 5) is 12.8. The molecule has 98 valence electrons. The van der Waals surface area contributed by atoms with E-state index < -0.39 is 5.97 Å². The highest BCUT2D eigenvalue weighted by Crippen LogP contribution is 2.23. The molecule has 1 atom stereocenters. The minimum atomic E-state index is -0.740. The fourth-order valence-electron chi connectivity index (χ4n) is 2.45. The Labute approximate surface area is 108 Å². The van der Waals surface area contributed by atoms with E-state index in [2.05, 4.69) is 41.4 Å². The largest absolute Gasteiger partial charge is 0.481 e. The van der Waals surface area contributed by atoms with Gasteiger partial charge in [0.1, 0.15) is 0 Å². The number of benzene rings is 1. The summed E-state index contributed by atoms with van der Waals surface area (Å²) in [6, 6.07) is 8.80. The second-order valence-electron chi connectivity index (χ2n) is 4.82. The second kappa shape index (κ2) is 5.87. The van der Waals surface area contributed by atoms with Gasteiger partial charge in [-0.15, -0.1) is 0 Å². The number of hydrogen-bond donors (Lipinski definition) is 2. The summed E-state index contributed by atoms with van der Waals surface area (Å²) in [5.41, 5.74) is 2.59. The Balaban J connectivity index is 1.85. The van der Waals surface area contributed by atoms with Gasteiger partial charge < -0.3 is 15.3 Å². The summed E-state index contributed by atoms with van der Waals surface area (Å²) in [7, 11) is 0. The van der Waals surface area contributed by atoms with Crippen LogP contribution in [0, 0.1) is 6.92 Å². The zero-order valence-electron chi connectivity index (χ0n) is 10.7. The van der Waals surface area contributed by atoms with Crippen LogP contribution in [0.1, 0.15) is 18.4 Å². The maximum atomic E-state index is 10.5. The van der Waals surface area contributed by atoms with Crippen molar-refractivity contribution in [3.63, 3.8) is 0 Å². The Bertz CT molecular complexity index is 420. The Morgan fingerprint density at radius 3 is 3.00 bits per heavy atom. The maximum Gasteiger partial charge on any atom is 0.304 e. The Kier molecular flexibility index (Phi) is 4.20. The summed E-state index contributed by atoms with van der Waals surface area (Å²) >= 11 is 0. The number of aryl methyl sites for hydroxylation is 1. The van der Waals surface area contributed by atoms with Crippen LogP contribution in [0.3, 0.4) is 0 Å². The maximum absolute atomic E-state index is 10.5. The fraction of sp³-hybridized carbons (Fsp3) is 0.500. The van der Waals surface area contributed by atoms with Crippen LogP contribution in [0.2, 0.25) is 0 Å². The number of anilines is 1. The van der Waals surface area contributed by atoms with Crippen LogP contribution in [-0.2, 0) is 4.79 Å². The molecule has 4 nitrogen and oxygen atoms in total. The van der Waals surface area contributed by atoms with Gasteiger partial charge in [-0.25, -0.2) is 0 Å². The number of carboxylic acid groups (broad SMARTS) is 1. The number of carboxylic acids is 1. The highest BCUT2D eigenvalue weighted by atomic mass is 16.4. The van der Waals surface area contributed by atoms with E-state index in [9.17, 15) is 4.79 Å². The summed E-state index contributed by atoms with van der Waals surface area (Å²) in [5, 5.41) is 11.9. The van der Waals surface area contributed by atoms with Crippen molar-refractivity contribution in [3.05, 3.63) is 29.8 Å². The van der Waals surface area contributed by atoms with E-state index in [1.54, 1.807) is 0 Å². The molecule has 4 heteroatoms. The van der Waals surface area contributed by atoms with Crippen LogP contribution in [0.25, 0.3) is 0 Å². The van der Waals surface area contributed by atoms with Gasteiger partial charge in [-0.1, -0.05) is 18.2 Å². The molecule has 1 fully saturated rings. The molecule has 1 aliphatic heterocycles. The van der Waals surface area contributed by atoms with Crippen LogP contribution in [-0.4, -0.2) is 36.8 Å². The number of rotatable bonds is 5. The van der Waals surface area contributed by atoms with E-state index in [1.807, 2.05) is 0 Å². The third kappa shape index (κ3) is 3.23. The SMILES string of the molecule is Cc1ccccc1N1CCC(NCCC(=O)O)C1. The highest BCUT2D eigenvalue weighted by Gasteiger charge is 2.22. The number of nitrogens with zero attached hydrogens (tertiary/aromatic N) is 1. The lowest BCUT2D eigenvalue weighted by Crippen LogP contribution is -2.34. The Morgan fingerprint density at radius 2 is 2.28 bits per heavy atom. The van der Waals surface area contributed by atoms with Crippen molar-refractivity contribution in [2.45, 2.75) is 25.8 Å². The molecule has 1 aromatic rings. The first-order chi connectivity index (χ1) is 8.66. The predicted octanol–water partition coefficient (Wildman–Crippen LogP) is 1.64. The molecule has 0 aromatic heterocycles. The number of carbonyl (C=O) groups is 1. The van der Waals surface area contributed by atoms with Gasteiger partial charge in [0.05, 0.1) is 6.42 Å². The average molecular weight is 248 g/mol. The van der Waals surface area contributed by atoms with Crippen LogP contribution in [0.15, 0.2) is 24.3 Å². The minimum absolute atomic E-state index is 0.195. The van der Waals surface area contributed by atoms with E-state index in [-0.39, 0.29) is 6.42 Å². The molecule has 0 radical (unpaired) electrons. The molecule has 0 aliphatic carbocycles. The molecule has 0 bridgehead atoms. The van der Waals surface area contributed by atoms with Crippen molar-refractivity contribution >= 4 is 11.7 Å². The monoisotopic (exact) mass is 248 g/mol. The molecule has 1 saturated heterocycles. The molecule has 1 unspecified atom stereocenters. The minimum Gasteiger partial charge on any atom is -0.481 e. The molecule has 18 heavy (non-hydrogen) atoms. The lowest BCUT2D eigenvalue weighted by Gasteiger charge is -2.21. The van der Waals surface area contributed by atoms with Crippen LogP contribution in [0.4, 0.5) is 5.69 Å². The van der Waals surface area contributed by atoms with Gasteiger partial charge >= 0.3 is 5.97 Å². The average Bonchev–Trinajstić information content (AvgIpc) is 2.78. The topological polar surface area (TPSA) is 52.6 Å². The van der Waals surface area contributed by atoms with Crippen molar-refractivity contribution < 1.29 is 9.90 Å². The quantitative estimate of drug-likeness (QED) is 0.831. The lowest BCUT2D eigenvalue weighted by molar-refractivity contribution is -0.136. The number of aliphatic carboxylic acids is 1. The fourth-order valence-corrected chi connectivity index (χ4v) is 2.45. The first kappa shape index (κ1) is 12.9. The smallest absolute Gasteiger partial charge is 0.304 e. The zero-order valence-corrected chi connectivity index (χ0v) is 10.7. The van der Waals surface area contributed by atoms with E-state index in [4.69, 9.17) is 5.11 Å². The molecule has 1 aliphatic rings. The predicted molar refractivity (Wildman–Crippen MR) is 72.1 cm³/mol. The third-order valence-electron chi connectivity index (χ3n) is 3.42. The molecule has 2 rings (SSSR count). The molecule has 0 amide bonds. The number of nitrogens with one attached hydrogen (secondary N) is 1. The summed E-state index contributed by atoms with van der Waals surface area (Å²) in [6.45, 7) is 4.68. The van der Waals surface area contributed by atoms with Crippen molar-refractivity contribution in [2.75, 3.05) is 24.5 Å². The van der Waals surface area contributed by atoms with Crippen LogP contribution in [0.5, 0.6) is 0 Å². The normalized spacial score (nSPS) is 19.2. The summed E-state index contributed by atoms with van der Waals surface area (Å²) in [6.07, 6.45) is 1.27. The number of para-hydroxylation sites is 1. The molecule has 2 N–H and O–H groups in total. The number of hydrogen-bond acceptors (Lipinski definition) is 3. The Hall–Kier alpha value is -1.55. The first-order valence-electron chi connectivity index (χ1n) is 6.42. The lowest BCUT2D eigenvalue weighted by atomic mass is 10.2. The van der Waals surface area contributed by atoms with Gasteiger partial charge in [-0.05, 0) is 25.0 Å². The van der Waals surface area contributed by atoms with Crippen LogP contribution >= 0.6 is 0 Å². The Morgan fingerprint density at radius 1 is 1.50 bits per heavy atom. The molecular weight excluding hydrogens is 228 g/mol. The van der Waals surface area contributed by atoms with Gasteiger partial charge in [-0.2, -0.15) is 0 Å². The van der Waals surface area contributed by atoms with Crippen molar-refractivity contribution in [1.29, 1.82) is 0 Å². The standard InChI is InChI=1S/C14H20N2O2/c1-11-4-2-3-5-13(11)16-9-7-12(10-16)15-8-6-14(17)18/h2-5,12,15H,6-10H2,1H3,(H,17,18). The molecule has 0 spiro atoms. The van der Waals surface area contributed by atoms with Gasteiger partial charge in [-0.3, -0.25) is 4.79 Å². The van der Waals surface area contributed by atoms with Crippen molar-refractivity contribution in [3.8, 4) is 0 Å². The molecule has 0 saturated carbocycles. The second-order valence-corrected chi connectivity index (χ2v) is 4.82. The van der Waals surface area contributed by atoms with Crippen LogP contribution < -0.4 is 10.2 Å². The van der Waals surface area contributed by atoms with E-state index in [1.165, 1.54) is 11.3 Å². The van der Waals surface area contributed by atoms with Gasteiger partial charge in [0, 0.05) is 31.4 Å².